The van der Waals surface area contributed by atoms with Gasteiger partial charge in [-0.15, -0.1) is 0 Å². The zero-order valence-electron chi connectivity index (χ0n) is 14.2. The molecule has 0 aromatic heterocycles. The molecular weight excluding hydrogens is 315 g/mol. The third-order valence-electron chi connectivity index (χ3n) is 4.31. The highest BCUT2D eigenvalue weighted by atomic mass is 19.1. The second-order valence-electron chi connectivity index (χ2n) is 6.45. The van der Waals surface area contributed by atoms with Crippen LogP contribution in [0.5, 0.6) is 0 Å². The van der Waals surface area contributed by atoms with E-state index in [-0.39, 0.29) is 17.8 Å². The molecular formula is C16H25FN4O3. The smallest absolute Gasteiger partial charge is 0.276 e. The van der Waals surface area contributed by atoms with Gasteiger partial charge in [0.15, 0.2) is 0 Å². The van der Waals surface area contributed by atoms with Gasteiger partial charge in [-0.05, 0) is 20.2 Å². The molecule has 1 aromatic carbocycles. The van der Waals surface area contributed by atoms with Crippen LogP contribution in [0.15, 0.2) is 18.2 Å². The van der Waals surface area contributed by atoms with Crippen LogP contribution in [-0.2, 0) is 6.54 Å². The number of likely N-dealkylation sites (N-methyl/N-ethyl adjacent to an activating group) is 2. The number of nitro benzene ring substituents is 1. The third-order valence-corrected chi connectivity index (χ3v) is 4.31. The maximum Gasteiger partial charge on any atom is 0.276 e. The number of benzene rings is 1. The lowest BCUT2D eigenvalue weighted by Gasteiger charge is -2.34. The molecule has 0 spiro atoms. The number of aliphatic hydroxyl groups is 1. The second-order valence-corrected chi connectivity index (χ2v) is 6.45. The molecule has 1 N–H and O–H groups in total. The van der Waals surface area contributed by atoms with Crippen LogP contribution in [0.25, 0.3) is 0 Å². The van der Waals surface area contributed by atoms with Crippen LogP contribution in [0.4, 0.5) is 10.1 Å². The molecule has 1 heterocycles. The Bertz CT molecular complexity index is 564. The number of hydrogen-bond acceptors (Lipinski definition) is 6. The summed E-state index contributed by atoms with van der Waals surface area (Å²) in [5, 5.41) is 21.3. The summed E-state index contributed by atoms with van der Waals surface area (Å²) in [6.45, 7) is 4.75. The monoisotopic (exact) mass is 340 g/mol. The molecule has 1 aliphatic rings. The average Bonchev–Trinajstić information content (AvgIpc) is 2.51. The quantitative estimate of drug-likeness (QED) is 0.584. The van der Waals surface area contributed by atoms with Gasteiger partial charge in [0, 0.05) is 51.9 Å². The van der Waals surface area contributed by atoms with E-state index >= 15 is 0 Å². The van der Waals surface area contributed by atoms with Crippen molar-refractivity contribution in [1.29, 1.82) is 0 Å². The Balaban J connectivity index is 1.89. The Hall–Kier alpha value is -1.61. The molecule has 1 saturated heterocycles. The minimum Gasteiger partial charge on any atom is -0.390 e. The van der Waals surface area contributed by atoms with Crippen molar-refractivity contribution in [2.75, 3.05) is 53.4 Å². The van der Waals surface area contributed by atoms with Crippen LogP contribution in [0, 0.1) is 15.9 Å². The summed E-state index contributed by atoms with van der Waals surface area (Å²) in [4.78, 5) is 16.6. The minimum atomic E-state index is -0.593. The van der Waals surface area contributed by atoms with E-state index in [1.807, 2.05) is 0 Å². The Kier molecular flexibility index (Phi) is 6.61. The van der Waals surface area contributed by atoms with Crippen LogP contribution in [0.2, 0.25) is 0 Å². The molecule has 134 valence electrons. The van der Waals surface area contributed by atoms with Crippen molar-refractivity contribution in [1.82, 2.24) is 14.7 Å². The molecule has 0 amide bonds. The van der Waals surface area contributed by atoms with Crippen molar-refractivity contribution < 1.29 is 14.4 Å². The number of piperazine rings is 1. The second kappa shape index (κ2) is 8.48. The number of β-amino-alcohol motifs (C(OH)–C–C–N with tert-alkyl or cyclic N) is 1. The number of aliphatic hydroxyl groups excluding tert-OH is 1. The van der Waals surface area contributed by atoms with Crippen molar-refractivity contribution in [3.63, 3.8) is 0 Å². The first-order valence-corrected chi connectivity index (χ1v) is 8.06. The van der Waals surface area contributed by atoms with Gasteiger partial charge in [-0.2, -0.15) is 0 Å². The highest BCUT2D eigenvalue weighted by Crippen LogP contribution is 2.22. The van der Waals surface area contributed by atoms with Crippen LogP contribution in [0.3, 0.4) is 0 Å². The van der Waals surface area contributed by atoms with E-state index in [1.165, 1.54) is 18.2 Å². The molecule has 1 aromatic rings. The summed E-state index contributed by atoms with van der Waals surface area (Å²) in [7, 11) is 3.80. The van der Waals surface area contributed by atoms with Gasteiger partial charge in [-0.3, -0.25) is 19.9 Å². The van der Waals surface area contributed by atoms with E-state index in [0.717, 1.165) is 26.2 Å². The zero-order valence-corrected chi connectivity index (χ0v) is 14.2. The number of rotatable bonds is 7. The highest BCUT2D eigenvalue weighted by Gasteiger charge is 2.21. The van der Waals surface area contributed by atoms with Crippen LogP contribution in [-0.4, -0.2) is 84.2 Å². The van der Waals surface area contributed by atoms with Crippen molar-refractivity contribution in [2.24, 2.45) is 0 Å². The Morgan fingerprint density at radius 1 is 1.38 bits per heavy atom. The minimum absolute atomic E-state index is 0.0526. The van der Waals surface area contributed by atoms with Crippen molar-refractivity contribution >= 4 is 5.69 Å². The lowest BCUT2D eigenvalue weighted by Crippen LogP contribution is -2.48. The van der Waals surface area contributed by atoms with Gasteiger partial charge >= 0.3 is 0 Å². The van der Waals surface area contributed by atoms with E-state index < -0.39 is 16.8 Å². The fraction of sp³-hybridized carbons (Fsp3) is 0.625. The first-order chi connectivity index (χ1) is 11.4. The molecule has 0 bridgehead atoms. The molecule has 0 aliphatic carbocycles. The van der Waals surface area contributed by atoms with E-state index in [9.17, 15) is 19.6 Å². The molecule has 24 heavy (non-hydrogen) atoms. The zero-order chi connectivity index (χ0) is 17.7. The van der Waals surface area contributed by atoms with Gasteiger partial charge in [-0.25, -0.2) is 4.39 Å². The third kappa shape index (κ3) is 5.20. The highest BCUT2D eigenvalue weighted by molar-refractivity contribution is 5.40. The van der Waals surface area contributed by atoms with Gasteiger partial charge in [0.25, 0.3) is 5.69 Å². The van der Waals surface area contributed by atoms with Crippen molar-refractivity contribution in [3.05, 3.63) is 39.7 Å². The van der Waals surface area contributed by atoms with Gasteiger partial charge in [0.05, 0.1) is 16.6 Å². The van der Waals surface area contributed by atoms with Gasteiger partial charge < -0.3 is 10.0 Å². The molecule has 1 aliphatic heterocycles. The standard InChI is InChI=1S/C16H25FN4O3/c1-18-6-8-20(9-7-18)11-13(22)10-19(2)12-14-15(17)4-3-5-16(14)21(23)24/h3-5,13,22H,6-12H2,1-2H3. The van der Waals surface area contributed by atoms with Crippen LogP contribution < -0.4 is 0 Å². The van der Waals surface area contributed by atoms with E-state index in [0.29, 0.717) is 13.1 Å². The first-order valence-electron chi connectivity index (χ1n) is 8.06. The summed E-state index contributed by atoms with van der Waals surface area (Å²) in [5.41, 5.74) is -0.174. The van der Waals surface area contributed by atoms with Crippen molar-refractivity contribution in [3.8, 4) is 0 Å². The SMILES string of the molecule is CN1CCN(CC(O)CN(C)Cc2c(F)cccc2[N+](=O)[O-])CC1. The predicted octanol–water partition coefficient (Wildman–Crippen LogP) is 0.774. The molecule has 7 nitrogen and oxygen atoms in total. The molecule has 2 rings (SSSR count). The summed E-state index contributed by atoms with van der Waals surface area (Å²) in [5.74, 6) is -0.593. The summed E-state index contributed by atoms with van der Waals surface area (Å²) < 4.78 is 13.9. The van der Waals surface area contributed by atoms with Gasteiger partial charge in [0.2, 0.25) is 0 Å². The van der Waals surface area contributed by atoms with Gasteiger partial charge in [-0.1, -0.05) is 6.07 Å². The largest absolute Gasteiger partial charge is 0.390 e. The summed E-state index contributed by atoms with van der Waals surface area (Å²) in [6.07, 6.45) is -0.579. The molecule has 0 saturated carbocycles. The number of nitrogens with zero attached hydrogens (tertiary/aromatic N) is 4. The maximum atomic E-state index is 13.9. The number of halogens is 1. The predicted molar refractivity (Wildman–Crippen MR) is 89.3 cm³/mol. The molecule has 1 atom stereocenters. The van der Waals surface area contributed by atoms with E-state index in [4.69, 9.17) is 0 Å². The molecule has 1 unspecified atom stereocenters. The molecule has 8 heteroatoms. The maximum absolute atomic E-state index is 13.9. The summed E-state index contributed by atoms with van der Waals surface area (Å²) >= 11 is 0. The van der Waals surface area contributed by atoms with Gasteiger partial charge in [0.1, 0.15) is 5.82 Å². The van der Waals surface area contributed by atoms with Crippen molar-refractivity contribution in [2.45, 2.75) is 12.6 Å². The first kappa shape index (κ1) is 18.7. The van der Waals surface area contributed by atoms with E-state index in [1.54, 1.807) is 11.9 Å². The van der Waals surface area contributed by atoms with Crippen LogP contribution >= 0.6 is 0 Å². The molecule has 0 radical (unpaired) electrons. The van der Waals surface area contributed by atoms with Crippen LogP contribution in [0.1, 0.15) is 5.56 Å². The Labute approximate surface area is 141 Å². The fourth-order valence-corrected chi connectivity index (χ4v) is 2.96. The number of nitro groups is 1. The Morgan fingerprint density at radius 2 is 2.04 bits per heavy atom. The lowest BCUT2D eigenvalue weighted by atomic mass is 10.1. The normalized spacial score (nSPS) is 18.0. The fourth-order valence-electron chi connectivity index (χ4n) is 2.96. The summed E-state index contributed by atoms with van der Waals surface area (Å²) in [6, 6.07) is 3.85. The lowest BCUT2D eigenvalue weighted by molar-refractivity contribution is -0.385. The Morgan fingerprint density at radius 3 is 2.67 bits per heavy atom. The number of hydrogen-bond donors (Lipinski definition) is 1. The molecule has 1 fully saturated rings. The van der Waals surface area contributed by atoms with E-state index in [2.05, 4.69) is 16.8 Å². The topological polar surface area (TPSA) is 73.1 Å². The average molecular weight is 340 g/mol.